The molecule has 0 bridgehead atoms. The number of nitrogens with zero attached hydrogens (tertiary/aromatic N) is 5. The number of aliphatic hydroxyl groups excluding tert-OH is 1. The molecule has 1 atom stereocenters. The molecule has 3 aliphatic heterocycles. The second-order valence-corrected chi connectivity index (χ2v) is 8.36. The minimum Gasteiger partial charge on any atom is -0.393 e. The third kappa shape index (κ3) is 4.11. The number of hydrogen-bond donors (Lipinski definition) is 2. The summed E-state index contributed by atoms with van der Waals surface area (Å²) in [6, 6.07) is 0.742. The topological polar surface area (TPSA) is 69.5 Å². The Kier molecular flexibility index (Phi) is 5.88. The molecule has 0 spiro atoms. The minimum absolute atomic E-state index is 0.121. The van der Waals surface area contributed by atoms with Crippen molar-refractivity contribution in [2.45, 2.75) is 63.1 Å². The summed E-state index contributed by atoms with van der Waals surface area (Å²) in [6.07, 6.45) is 6.67. The maximum absolute atomic E-state index is 9.69. The van der Waals surface area contributed by atoms with Crippen LogP contribution >= 0.6 is 0 Å². The Hall–Kier alpha value is -1.02. The molecule has 0 aliphatic carbocycles. The Balaban J connectivity index is 1.38. The summed E-state index contributed by atoms with van der Waals surface area (Å²) >= 11 is 0. The van der Waals surface area contributed by atoms with E-state index in [1.165, 1.54) is 32.2 Å². The van der Waals surface area contributed by atoms with E-state index >= 15 is 0 Å². The third-order valence-electron chi connectivity index (χ3n) is 6.56. The van der Waals surface area contributed by atoms with Gasteiger partial charge in [0, 0.05) is 38.6 Å². The normalized spacial score (nSPS) is 27.8. The summed E-state index contributed by atoms with van der Waals surface area (Å²) in [5, 5.41) is 22.3. The van der Waals surface area contributed by atoms with Crippen molar-refractivity contribution in [2.75, 3.05) is 39.3 Å². The molecule has 0 radical (unpaired) electrons. The van der Waals surface area contributed by atoms with Gasteiger partial charge >= 0.3 is 0 Å². The molecular weight excluding hydrogens is 328 g/mol. The Morgan fingerprint density at radius 2 is 1.81 bits per heavy atom. The fourth-order valence-electron chi connectivity index (χ4n) is 4.87. The summed E-state index contributed by atoms with van der Waals surface area (Å²) in [6.45, 7) is 7.44. The van der Waals surface area contributed by atoms with Crippen LogP contribution in [0.2, 0.25) is 0 Å². The number of hydrogen-bond acceptors (Lipinski definition) is 6. The van der Waals surface area contributed by atoms with E-state index in [1.54, 1.807) is 0 Å². The first-order chi connectivity index (χ1) is 12.7. The first kappa shape index (κ1) is 18.3. The fourth-order valence-corrected chi connectivity index (χ4v) is 4.87. The van der Waals surface area contributed by atoms with Crippen molar-refractivity contribution in [3.63, 3.8) is 0 Å². The van der Waals surface area contributed by atoms with Crippen LogP contribution in [0.5, 0.6) is 0 Å². The Bertz CT molecular complexity index is 577. The van der Waals surface area contributed by atoms with Gasteiger partial charge < -0.3 is 15.0 Å². The van der Waals surface area contributed by atoms with Gasteiger partial charge in [0.2, 0.25) is 0 Å². The van der Waals surface area contributed by atoms with Gasteiger partial charge in [-0.3, -0.25) is 9.80 Å². The largest absolute Gasteiger partial charge is 0.393 e. The summed E-state index contributed by atoms with van der Waals surface area (Å²) in [5.74, 6) is 2.74. The summed E-state index contributed by atoms with van der Waals surface area (Å²) in [5.41, 5.74) is 0. The van der Waals surface area contributed by atoms with E-state index in [0.29, 0.717) is 5.92 Å². The van der Waals surface area contributed by atoms with Crippen molar-refractivity contribution in [1.82, 2.24) is 29.9 Å². The van der Waals surface area contributed by atoms with Gasteiger partial charge in [-0.25, -0.2) is 0 Å². The molecule has 3 aliphatic rings. The van der Waals surface area contributed by atoms with E-state index in [0.717, 1.165) is 69.8 Å². The van der Waals surface area contributed by atoms with E-state index < -0.39 is 0 Å². The standard InChI is InChI=1S/C19H34N6O/c1-23-18(14-24-11-6-17(26)7-12-24)21-22-19(23)15-3-2-10-25(13-15)16-4-8-20-9-5-16/h15-17,20,26H,2-14H2,1H3. The monoisotopic (exact) mass is 362 g/mol. The molecule has 0 aromatic carbocycles. The number of nitrogens with one attached hydrogen (secondary N) is 1. The molecule has 4 heterocycles. The van der Waals surface area contributed by atoms with Crippen molar-refractivity contribution in [1.29, 1.82) is 0 Å². The van der Waals surface area contributed by atoms with Crippen LogP contribution in [0.4, 0.5) is 0 Å². The van der Waals surface area contributed by atoms with Crippen LogP contribution in [0, 0.1) is 0 Å². The van der Waals surface area contributed by atoms with Gasteiger partial charge in [0.15, 0.2) is 0 Å². The first-order valence-electron chi connectivity index (χ1n) is 10.4. The van der Waals surface area contributed by atoms with Gasteiger partial charge in [0.1, 0.15) is 11.6 Å². The average molecular weight is 363 g/mol. The third-order valence-corrected chi connectivity index (χ3v) is 6.56. The van der Waals surface area contributed by atoms with E-state index in [1.807, 2.05) is 0 Å². The van der Waals surface area contributed by atoms with Crippen LogP contribution < -0.4 is 5.32 Å². The quantitative estimate of drug-likeness (QED) is 0.822. The lowest BCUT2D eigenvalue weighted by atomic mass is 9.93. The van der Waals surface area contributed by atoms with Crippen LogP contribution in [-0.2, 0) is 13.6 Å². The molecule has 7 heteroatoms. The van der Waals surface area contributed by atoms with E-state index in [9.17, 15) is 5.11 Å². The van der Waals surface area contributed by atoms with Gasteiger partial charge in [-0.05, 0) is 58.2 Å². The highest BCUT2D eigenvalue weighted by Gasteiger charge is 2.30. The zero-order valence-electron chi connectivity index (χ0n) is 16.1. The molecular formula is C19H34N6O. The number of piperidine rings is 3. The fraction of sp³-hybridized carbons (Fsp3) is 0.895. The summed E-state index contributed by atoms with van der Waals surface area (Å²) in [4.78, 5) is 5.10. The van der Waals surface area contributed by atoms with Crippen LogP contribution in [0.15, 0.2) is 0 Å². The molecule has 3 saturated heterocycles. The zero-order chi connectivity index (χ0) is 17.9. The number of likely N-dealkylation sites (tertiary alicyclic amines) is 2. The lowest BCUT2D eigenvalue weighted by Gasteiger charge is -2.39. The van der Waals surface area contributed by atoms with E-state index in [2.05, 4.69) is 36.9 Å². The first-order valence-corrected chi connectivity index (χ1v) is 10.4. The molecule has 2 N–H and O–H groups in total. The van der Waals surface area contributed by atoms with Crippen LogP contribution in [0.3, 0.4) is 0 Å². The maximum Gasteiger partial charge on any atom is 0.146 e. The highest BCUT2D eigenvalue weighted by Crippen LogP contribution is 2.29. The smallest absolute Gasteiger partial charge is 0.146 e. The van der Waals surface area contributed by atoms with Crippen molar-refractivity contribution in [3.05, 3.63) is 11.6 Å². The molecule has 3 fully saturated rings. The molecule has 0 amide bonds. The molecule has 1 unspecified atom stereocenters. The molecule has 4 rings (SSSR count). The Labute approximate surface area is 156 Å². The maximum atomic E-state index is 9.69. The number of aromatic nitrogens is 3. The Morgan fingerprint density at radius 1 is 1.04 bits per heavy atom. The molecule has 7 nitrogen and oxygen atoms in total. The van der Waals surface area contributed by atoms with Crippen molar-refractivity contribution in [2.24, 2.45) is 7.05 Å². The van der Waals surface area contributed by atoms with Gasteiger partial charge in [-0.1, -0.05) is 0 Å². The minimum atomic E-state index is -0.121. The molecule has 1 aromatic heterocycles. The van der Waals surface area contributed by atoms with E-state index in [4.69, 9.17) is 0 Å². The van der Waals surface area contributed by atoms with Crippen molar-refractivity contribution < 1.29 is 5.11 Å². The number of rotatable bonds is 4. The van der Waals surface area contributed by atoms with Gasteiger partial charge in [-0.15, -0.1) is 10.2 Å². The lowest BCUT2D eigenvalue weighted by molar-refractivity contribution is 0.0775. The second kappa shape index (κ2) is 8.33. The van der Waals surface area contributed by atoms with Crippen molar-refractivity contribution in [3.8, 4) is 0 Å². The summed E-state index contributed by atoms with van der Waals surface area (Å²) < 4.78 is 2.24. The number of aliphatic hydroxyl groups is 1. The average Bonchev–Trinajstić information content (AvgIpc) is 3.05. The van der Waals surface area contributed by atoms with Crippen molar-refractivity contribution >= 4 is 0 Å². The van der Waals surface area contributed by atoms with Gasteiger partial charge in [-0.2, -0.15) is 0 Å². The molecule has 146 valence electrons. The SMILES string of the molecule is Cn1c(CN2CCC(O)CC2)nnc1C1CCCN(C2CCNCC2)C1. The van der Waals surface area contributed by atoms with Crippen LogP contribution in [0.25, 0.3) is 0 Å². The van der Waals surface area contributed by atoms with E-state index in [-0.39, 0.29) is 6.10 Å². The lowest BCUT2D eigenvalue weighted by Crippen LogP contribution is -2.47. The Morgan fingerprint density at radius 3 is 2.58 bits per heavy atom. The van der Waals surface area contributed by atoms with Crippen LogP contribution in [0.1, 0.15) is 56.1 Å². The summed E-state index contributed by atoms with van der Waals surface area (Å²) in [7, 11) is 2.13. The van der Waals surface area contributed by atoms with Gasteiger partial charge in [0.05, 0.1) is 12.6 Å². The molecule has 26 heavy (non-hydrogen) atoms. The molecule has 1 aromatic rings. The highest BCUT2D eigenvalue weighted by molar-refractivity contribution is 5.05. The van der Waals surface area contributed by atoms with Gasteiger partial charge in [0.25, 0.3) is 0 Å². The second-order valence-electron chi connectivity index (χ2n) is 8.36. The predicted molar refractivity (Wildman–Crippen MR) is 101 cm³/mol. The predicted octanol–water partition coefficient (Wildman–Crippen LogP) is 0.703. The highest BCUT2D eigenvalue weighted by atomic mass is 16.3. The molecule has 0 saturated carbocycles. The zero-order valence-corrected chi connectivity index (χ0v) is 16.1. The van der Waals surface area contributed by atoms with Crippen LogP contribution in [-0.4, -0.2) is 81.1 Å².